The van der Waals surface area contributed by atoms with E-state index in [1.807, 2.05) is 52.8 Å². The lowest BCUT2D eigenvalue weighted by molar-refractivity contribution is -0.147. The van der Waals surface area contributed by atoms with Crippen LogP contribution in [0.3, 0.4) is 0 Å². The average Bonchev–Trinajstić information content (AvgIpc) is 3.19. The number of para-hydroxylation sites is 1. The molecule has 3 saturated heterocycles. The zero-order chi connectivity index (χ0) is 23.5. The summed E-state index contributed by atoms with van der Waals surface area (Å²) in [6.45, 7) is 9.25. The van der Waals surface area contributed by atoms with Gasteiger partial charge in [-0.15, -0.1) is 0 Å². The molecule has 1 aromatic rings. The molecule has 174 valence electrons. The number of aliphatic hydroxyl groups excluding tert-OH is 1. The Morgan fingerprint density at radius 1 is 1.22 bits per heavy atom. The summed E-state index contributed by atoms with van der Waals surface area (Å²) in [5.74, 6) is -2.47. The Hall–Kier alpha value is -2.45. The largest absolute Gasteiger partial charge is 0.395 e. The number of nitrogens with zero attached hydrogens (tertiary/aromatic N) is 1. The molecule has 8 heteroatoms. The summed E-state index contributed by atoms with van der Waals surface area (Å²) in [5, 5.41) is 15.5. The Kier molecular flexibility index (Phi) is 5.37. The van der Waals surface area contributed by atoms with Crippen LogP contribution in [0.4, 0.5) is 5.69 Å². The van der Waals surface area contributed by atoms with Crippen LogP contribution in [-0.2, 0) is 19.1 Å². The van der Waals surface area contributed by atoms with E-state index in [0.717, 1.165) is 0 Å². The van der Waals surface area contributed by atoms with Crippen LogP contribution in [-0.4, -0.2) is 63.7 Å². The maximum absolute atomic E-state index is 13.6. The molecule has 3 fully saturated rings. The first-order valence-corrected chi connectivity index (χ1v) is 11.2. The first kappa shape index (κ1) is 22.7. The van der Waals surface area contributed by atoms with Crippen LogP contribution in [0, 0.1) is 17.8 Å². The van der Waals surface area contributed by atoms with E-state index in [2.05, 4.69) is 10.6 Å². The van der Waals surface area contributed by atoms with Gasteiger partial charge in [0.25, 0.3) is 0 Å². The Morgan fingerprint density at radius 2 is 1.88 bits per heavy atom. The van der Waals surface area contributed by atoms with Gasteiger partial charge in [0.15, 0.2) is 0 Å². The molecule has 6 atom stereocenters. The second kappa shape index (κ2) is 7.56. The minimum absolute atomic E-state index is 0.0147. The second-order valence-corrected chi connectivity index (χ2v) is 10.6. The van der Waals surface area contributed by atoms with Gasteiger partial charge in [-0.1, -0.05) is 25.1 Å². The van der Waals surface area contributed by atoms with E-state index in [-0.39, 0.29) is 36.8 Å². The number of carbonyl (C=O) groups is 3. The lowest BCUT2D eigenvalue weighted by atomic mass is 9.62. The van der Waals surface area contributed by atoms with Gasteiger partial charge in [0.05, 0.1) is 24.0 Å². The van der Waals surface area contributed by atoms with Crippen molar-refractivity contribution in [1.82, 2.24) is 10.2 Å². The number of hydrogen-bond donors (Lipinski definition) is 3. The lowest BCUT2D eigenvalue weighted by Crippen LogP contribution is -2.58. The van der Waals surface area contributed by atoms with Crippen molar-refractivity contribution in [3.05, 3.63) is 30.3 Å². The average molecular weight is 444 g/mol. The first-order valence-electron chi connectivity index (χ1n) is 11.2. The summed E-state index contributed by atoms with van der Waals surface area (Å²) >= 11 is 0. The molecule has 3 heterocycles. The molecule has 0 radical (unpaired) electrons. The van der Waals surface area contributed by atoms with E-state index in [4.69, 9.17) is 4.74 Å². The number of anilines is 1. The van der Waals surface area contributed by atoms with Crippen LogP contribution in [0.5, 0.6) is 0 Å². The number of ether oxygens (including phenoxy) is 1. The molecule has 8 nitrogen and oxygen atoms in total. The van der Waals surface area contributed by atoms with Crippen molar-refractivity contribution in [2.45, 2.75) is 63.8 Å². The monoisotopic (exact) mass is 443 g/mol. The van der Waals surface area contributed by atoms with Crippen molar-refractivity contribution in [2.75, 3.05) is 18.5 Å². The van der Waals surface area contributed by atoms with Gasteiger partial charge in [0.1, 0.15) is 11.6 Å². The van der Waals surface area contributed by atoms with Crippen molar-refractivity contribution >= 4 is 23.4 Å². The van der Waals surface area contributed by atoms with Gasteiger partial charge in [-0.2, -0.15) is 0 Å². The van der Waals surface area contributed by atoms with Crippen LogP contribution >= 0.6 is 0 Å². The fourth-order valence-corrected chi connectivity index (χ4v) is 5.97. The summed E-state index contributed by atoms with van der Waals surface area (Å²) < 4.78 is 6.58. The Labute approximate surface area is 188 Å². The molecule has 3 amide bonds. The molecule has 4 rings (SSSR count). The van der Waals surface area contributed by atoms with Gasteiger partial charge in [0.2, 0.25) is 17.7 Å². The molecule has 1 spiro atoms. The molecular weight excluding hydrogens is 410 g/mol. The van der Waals surface area contributed by atoms with E-state index in [9.17, 15) is 19.5 Å². The molecule has 32 heavy (non-hydrogen) atoms. The van der Waals surface area contributed by atoms with Crippen molar-refractivity contribution in [1.29, 1.82) is 0 Å². The molecule has 2 bridgehead atoms. The van der Waals surface area contributed by atoms with E-state index in [0.29, 0.717) is 12.1 Å². The van der Waals surface area contributed by atoms with Crippen molar-refractivity contribution in [3.8, 4) is 0 Å². The summed E-state index contributed by atoms with van der Waals surface area (Å²) in [5.41, 5.74) is -1.83. The summed E-state index contributed by atoms with van der Waals surface area (Å²) in [6.07, 6.45) is 0.499. The predicted octanol–water partition coefficient (Wildman–Crippen LogP) is 1.54. The molecular formula is C24H33N3O5. The summed E-state index contributed by atoms with van der Waals surface area (Å²) in [4.78, 5) is 42.0. The van der Waals surface area contributed by atoms with E-state index in [1.165, 1.54) is 4.90 Å². The third-order valence-corrected chi connectivity index (χ3v) is 7.23. The fraction of sp³-hybridized carbons (Fsp3) is 0.625. The van der Waals surface area contributed by atoms with Gasteiger partial charge in [-0.05, 0) is 52.2 Å². The van der Waals surface area contributed by atoms with E-state index >= 15 is 0 Å². The van der Waals surface area contributed by atoms with Gasteiger partial charge < -0.3 is 25.4 Å². The van der Waals surface area contributed by atoms with Crippen molar-refractivity contribution < 1.29 is 24.2 Å². The fourth-order valence-electron chi connectivity index (χ4n) is 5.97. The molecule has 0 aromatic heterocycles. The Morgan fingerprint density at radius 3 is 2.47 bits per heavy atom. The number of nitrogens with one attached hydrogen (secondary N) is 2. The SMILES string of the molecule is CC1CC23O[C@]1(C)[C@@H](C(=O)Nc1ccccc1)[C@H]2C(=O)N(CCO)C3C(=O)NC(C)(C)C. The van der Waals surface area contributed by atoms with Gasteiger partial charge in [0, 0.05) is 17.8 Å². The highest BCUT2D eigenvalue weighted by Crippen LogP contribution is 2.65. The van der Waals surface area contributed by atoms with Crippen molar-refractivity contribution in [3.63, 3.8) is 0 Å². The molecule has 3 aliphatic rings. The number of amides is 3. The van der Waals surface area contributed by atoms with E-state index < -0.39 is 34.6 Å². The summed E-state index contributed by atoms with van der Waals surface area (Å²) in [6, 6.07) is 8.21. The van der Waals surface area contributed by atoms with Crippen LogP contribution in [0.1, 0.15) is 41.0 Å². The minimum atomic E-state index is -1.10. The number of β-amino-alcohol motifs (C(OH)–C–C–N with tert-alkyl or cyclic N) is 1. The number of rotatable bonds is 5. The highest BCUT2D eigenvalue weighted by Gasteiger charge is 2.79. The Balaban J connectivity index is 1.75. The normalized spacial score (nSPS) is 35.7. The number of fused-ring (bicyclic) bond motifs is 1. The molecule has 3 aliphatic heterocycles. The minimum Gasteiger partial charge on any atom is -0.395 e. The predicted molar refractivity (Wildman–Crippen MR) is 119 cm³/mol. The van der Waals surface area contributed by atoms with Crippen LogP contribution in [0.25, 0.3) is 0 Å². The van der Waals surface area contributed by atoms with Crippen molar-refractivity contribution in [2.24, 2.45) is 17.8 Å². The highest BCUT2D eigenvalue weighted by atomic mass is 16.5. The number of hydrogen-bond acceptors (Lipinski definition) is 5. The number of carbonyl (C=O) groups excluding carboxylic acids is 3. The third kappa shape index (κ3) is 3.31. The second-order valence-electron chi connectivity index (χ2n) is 10.6. The topological polar surface area (TPSA) is 108 Å². The smallest absolute Gasteiger partial charge is 0.246 e. The Bertz CT molecular complexity index is 929. The number of benzene rings is 1. The van der Waals surface area contributed by atoms with Gasteiger partial charge in [-0.3, -0.25) is 14.4 Å². The standard InChI is InChI=1S/C24H33N3O5/c1-14-13-24-17(21(31)27(11-12-28)18(24)20(30)26-22(2,3)4)16(23(14,5)32-24)19(29)25-15-9-7-6-8-10-15/h6-10,14,16-18,28H,11-13H2,1-5H3,(H,25,29)(H,26,30)/t14?,16-,17+,18?,23+,24?/m1/s1. The van der Waals surface area contributed by atoms with Crippen LogP contribution < -0.4 is 10.6 Å². The lowest BCUT2D eigenvalue weighted by Gasteiger charge is -2.36. The molecule has 3 unspecified atom stereocenters. The molecule has 0 saturated carbocycles. The zero-order valence-electron chi connectivity index (χ0n) is 19.3. The van der Waals surface area contributed by atoms with Gasteiger partial charge >= 0.3 is 0 Å². The molecule has 3 N–H and O–H groups in total. The quantitative estimate of drug-likeness (QED) is 0.640. The summed E-state index contributed by atoms with van der Waals surface area (Å²) in [7, 11) is 0. The number of likely N-dealkylation sites (tertiary alicyclic amines) is 1. The van der Waals surface area contributed by atoms with Gasteiger partial charge in [-0.25, -0.2) is 0 Å². The van der Waals surface area contributed by atoms with Crippen LogP contribution in [0.15, 0.2) is 30.3 Å². The zero-order valence-corrected chi connectivity index (χ0v) is 19.3. The first-order chi connectivity index (χ1) is 14.9. The van der Waals surface area contributed by atoms with Crippen LogP contribution in [0.2, 0.25) is 0 Å². The maximum Gasteiger partial charge on any atom is 0.246 e. The van der Waals surface area contributed by atoms with E-state index in [1.54, 1.807) is 12.1 Å². The highest BCUT2D eigenvalue weighted by molar-refractivity contribution is 6.02. The maximum atomic E-state index is 13.6. The molecule has 1 aromatic carbocycles. The number of aliphatic hydroxyl groups is 1. The third-order valence-electron chi connectivity index (χ3n) is 7.23. The molecule has 0 aliphatic carbocycles.